The van der Waals surface area contributed by atoms with Crippen LogP contribution in [-0.4, -0.2) is 17.0 Å². The maximum Gasteiger partial charge on any atom is 0.338 e. The van der Waals surface area contributed by atoms with Crippen LogP contribution in [0.2, 0.25) is 0 Å². The zero-order chi connectivity index (χ0) is 11.3. The molecule has 0 spiro atoms. The van der Waals surface area contributed by atoms with Crippen molar-refractivity contribution in [1.82, 2.24) is 0 Å². The van der Waals surface area contributed by atoms with Gasteiger partial charge in [-0.1, -0.05) is 46.3 Å². The van der Waals surface area contributed by atoms with Crippen molar-refractivity contribution in [1.29, 1.82) is 0 Å². The van der Waals surface area contributed by atoms with Crippen molar-refractivity contribution >= 4 is 21.9 Å². The Morgan fingerprint density at radius 1 is 1.40 bits per heavy atom. The maximum atomic E-state index is 11.4. The lowest BCUT2D eigenvalue weighted by Crippen LogP contribution is -2.49. The van der Waals surface area contributed by atoms with Crippen LogP contribution < -0.4 is 11.5 Å². The summed E-state index contributed by atoms with van der Waals surface area (Å²) in [5.41, 5.74) is 11.8. The molecular weight excluding hydrogens is 260 g/mol. The van der Waals surface area contributed by atoms with Crippen molar-refractivity contribution in [3.63, 3.8) is 0 Å². The van der Waals surface area contributed by atoms with E-state index < -0.39 is 10.4 Å². The molecule has 0 amide bonds. The topological polar surface area (TPSA) is 78.3 Å². The second kappa shape index (κ2) is 5.25. The SMILES string of the molecule is NCC(N)(Br)C(=O)OCc1ccccc1. The molecule has 0 bridgehead atoms. The van der Waals surface area contributed by atoms with Gasteiger partial charge in [0, 0.05) is 6.54 Å². The van der Waals surface area contributed by atoms with E-state index in [1.807, 2.05) is 30.3 Å². The van der Waals surface area contributed by atoms with Crippen LogP contribution in [0.25, 0.3) is 0 Å². The fourth-order valence-electron chi connectivity index (χ4n) is 0.926. The van der Waals surface area contributed by atoms with Crippen molar-refractivity contribution < 1.29 is 9.53 Å². The number of hydrogen-bond donors (Lipinski definition) is 2. The lowest BCUT2D eigenvalue weighted by molar-refractivity contribution is -0.147. The lowest BCUT2D eigenvalue weighted by Gasteiger charge is -2.18. The first-order valence-electron chi connectivity index (χ1n) is 4.45. The zero-order valence-corrected chi connectivity index (χ0v) is 9.74. The van der Waals surface area contributed by atoms with Crippen molar-refractivity contribution in [3.8, 4) is 0 Å². The molecule has 0 heterocycles. The predicted octanol–water partition coefficient (Wildman–Crippen LogP) is 0.738. The van der Waals surface area contributed by atoms with Crippen LogP contribution in [0.4, 0.5) is 0 Å². The van der Waals surface area contributed by atoms with E-state index in [2.05, 4.69) is 15.9 Å². The van der Waals surface area contributed by atoms with E-state index in [0.29, 0.717) is 0 Å². The van der Waals surface area contributed by atoms with Crippen LogP contribution in [0.5, 0.6) is 0 Å². The molecule has 0 aliphatic carbocycles. The van der Waals surface area contributed by atoms with Crippen molar-refractivity contribution in [2.24, 2.45) is 11.5 Å². The van der Waals surface area contributed by atoms with Gasteiger partial charge >= 0.3 is 5.97 Å². The van der Waals surface area contributed by atoms with Gasteiger partial charge in [-0.15, -0.1) is 0 Å². The van der Waals surface area contributed by atoms with Gasteiger partial charge in [-0.05, 0) is 5.56 Å². The smallest absolute Gasteiger partial charge is 0.338 e. The van der Waals surface area contributed by atoms with Crippen LogP contribution in [-0.2, 0) is 16.1 Å². The molecule has 4 N–H and O–H groups in total. The number of benzene rings is 1. The number of carbonyl (C=O) groups is 1. The highest BCUT2D eigenvalue weighted by molar-refractivity contribution is 9.10. The number of carbonyl (C=O) groups excluding carboxylic acids is 1. The predicted molar refractivity (Wildman–Crippen MR) is 61.1 cm³/mol. The van der Waals surface area contributed by atoms with E-state index in [1.165, 1.54) is 0 Å². The summed E-state index contributed by atoms with van der Waals surface area (Å²) in [6.07, 6.45) is 0. The molecule has 1 atom stereocenters. The Morgan fingerprint density at radius 3 is 2.53 bits per heavy atom. The average molecular weight is 273 g/mol. The minimum atomic E-state index is -1.29. The number of alkyl halides is 1. The van der Waals surface area contributed by atoms with Gasteiger partial charge in [-0.25, -0.2) is 4.79 Å². The van der Waals surface area contributed by atoms with Gasteiger partial charge in [0.25, 0.3) is 0 Å². The summed E-state index contributed by atoms with van der Waals surface area (Å²) in [6, 6.07) is 9.36. The molecule has 0 radical (unpaired) electrons. The van der Waals surface area contributed by atoms with Gasteiger partial charge in [0.1, 0.15) is 6.61 Å². The van der Waals surface area contributed by atoms with Gasteiger partial charge in [-0.2, -0.15) is 0 Å². The third kappa shape index (κ3) is 3.62. The Kier molecular flexibility index (Phi) is 4.26. The summed E-state index contributed by atoms with van der Waals surface area (Å²) in [6.45, 7) is 0.185. The maximum absolute atomic E-state index is 11.4. The highest BCUT2D eigenvalue weighted by atomic mass is 79.9. The number of halogens is 1. The van der Waals surface area contributed by atoms with E-state index in [1.54, 1.807) is 0 Å². The second-order valence-electron chi connectivity index (χ2n) is 3.13. The Hall–Kier alpha value is -0.910. The first-order chi connectivity index (χ1) is 7.06. The molecule has 1 aromatic carbocycles. The molecule has 0 saturated heterocycles. The molecule has 0 aliphatic heterocycles. The van der Waals surface area contributed by atoms with Gasteiger partial charge in [0.15, 0.2) is 4.45 Å². The number of rotatable bonds is 4. The summed E-state index contributed by atoms with van der Waals surface area (Å²) in [7, 11) is 0. The molecule has 0 aromatic heterocycles. The van der Waals surface area contributed by atoms with Crippen LogP contribution >= 0.6 is 15.9 Å². The average Bonchev–Trinajstić information content (AvgIpc) is 2.27. The molecule has 4 nitrogen and oxygen atoms in total. The molecule has 0 fully saturated rings. The Morgan fingerprint density at radius 2 is 2.00 bits per heavy atom. The van der Waals surface area contributed by atoms with Crippen LogP contribution in [0.3, 0.4) is 0 Å². The van der Waals surface area contributed by atoms with Crippen molar-refractivity contribution in [2.45, 2.75) is 11.1 Å². The van der Waals surface area contributed by atoms with Crippen molar-refractivity contribution in [2.75, 3.05) is 6.54 Å². The largest absolute Gasteiger partial charge is 0.459 e. The Labute approximate surface area is 96.7 Å². The summed E-state index contributed by atoms with van der Waals surface area (Å²) in [4.78, 5) is 11.4. The molecule has 1 unspecified atom stereocenters. The van der Waals surface area contributed by atoms with Gasteiger partial charge in [0.2, 0.25) is 0 Å². The van der Waals surface area contributed by atoms with Crippen LogP contribution in [0, 0.1) is 0 Å². The summed E-state index contributed by atoms with van der Waals surface area (Å²) < 4.78 is 3.70. The van der Waals surface area contributed by atoms with Gasteiger partial charge in [-0.3, -0.25) is 0 Å². The van der Waals surface area contributed by atoms with Crippen LogP contribution in [0.15, 0.2) is 30.3 Å². The molecule has 82 valence electrons. The highest BCUT2D eigenvalue weighted by Gasteiger charge is 2.30. The molecule has 5 heteroatoms. The van der Waals surface area contributed by atoms with E-state index in [0.717, 1.165) is 5.56 Å². The number of ether oxygens (including phenoxy) is 1. The fraction of sp³-hybridized carbons (Fsp3) is 0.300. The first kappa shape index (κ1) is 12.2. The summed E-state index contributed by atoms with van der Waals surface area (Å²) in [5, 5.41) is 0. The normalized spacial score (nSPS) is 14.3. The Bertz CT molecular complexity index is 327. The first-order valence-corrected chi connectivity index (χ1v) is 5.24. The molecule has 0 saturated carbocycles. The second-order valence-corrected chi connectivity index (χ2v) is 4.54. The standard InChI is InChI=1S/C10H13BrN2O2/c11-10(13,7-12)9(14)15-6-8-4-2-1-3-5-8/h1-5H,6-7,12-13H2. The molecular formula is C10H13BrN2O2. The van der Waals surface area contributed by atoms with E-state index >= 15 is 0 Å². The third-order valence-electron chi connectivity index (χ3n) is 1.85. The van der Waals surface area contributed by atoms with Gasteiger partial charge in [0.05, 0.1) is 0 Å². The number of hydrogen-bond acceptors (Lipinski definition) is 4. The van der Waals surface area contributed by atoms with Crippen LogP contribution in [0.1, 0.15) is 5.56 Å². The van der Waals surface area contributed by atoms with E-state index in [-0.39, 0.29) is 13.2 Å². The third-order valence-corrected chi connectivity index (χ3v) is 2.50. The highest BCUT2D eigenvalue weighted by Crippen LogP contribution is 2.12. The van der Waals surface area contributed by atoms with Crippen molar-refractivity contribution in [3.05, 3.63) is 35.9 Å². The zero-order valence-electron chi connectivity index (χ0n) is 8.15. The molecule has 1 aromatic rings. The minimum Gasteiger partial charge on any atom is -0.459 e. The number of esters is 1. The van der Waals surface area contributed by atoms with E-state index in [4.69, 9.17) is 16.2 Å². The lowest BCUT2D eigenvalue weighted by atomic mass is 10.2. The Balaban J connectivity index is 2.48. The summed E-state index contributed by atoms with van der Waals surface area (Å²) in [5.74, 6) is -0.561. The quantitative estimate of drug-likeness (QED) is 0.482. The van der Waals surface area contributed by atoms with E-state index in [9.17, 15) is 4.79 Å². The monoisotopic (exact) mass is 272 g/mol. The number of nitrogens with two attached hydrogens (primary N) is 2. The molecule has 15 heavy (non-hydrogen) atoms. The summed E-state index contributed by atoms with van der Waals surface area (Å²) >= 11 is 3.00. The fourth-order valence-corrected chi connectivity index (χ4v) is 1.04. The molecule has 0 aliphatic rings. The minimum absolute atomic E-state index is 0.0133. The van der Waals surface area contributed by atoms with Gasteiger partial charge < -0.3 is 16.2 Å². The molecule has 1 rings (SSSR count).